The Balaban J connectivity index is 1.24. The summed E-state index contributed by atoms with van der Waals surface area (Å²) in [4.78, 5) is 17.4. The number of aromatic nitrogens is 3. The number of carbonyl (C=O) groups is 1. The number of hydrogen-bond acceptors (Lipinski definition) is 7. The molecular formula is C25H32N6O3. The van der Waals surface area contributed by atoms with E-state index < -0.39 is 0 Å². The fourth-order valence-corrected chi connectivity index (χ4v) is 4.14. The molecule has 0 spiro atoms. The molecule has 0 bridgehead atoms. The van der Waals surface area contributed by atoms with Crippen LogP contribution >= 0.6 is 0 Å². The van der Waals surface area contributed by atoms with Gasteiger partial charge in [0.25, 0.3) is 5.91 Å². The van der Waals surface area contributed by atoms with E-state index in [4.69, 9.17) is 9.47 Å². The zero-order valence-electron chi connectivity index (χ0n) is 20.0. The number of methoxy groups -OCH3 is 2. The first-order valence-corrected chi connectivity index (χ1v) is 11.5. The summed E-state index contributed by atoms with van der Waals surface area (Å²) in [5, 5.41) is 11.3. The van der Waals surface area contributed by atoms with Crippen LogP contribution in [0.3, 0.4) is 0 Å². The summed E-state index contributed by atoms with van der Waals surface area (Å²) in [6, 6.07) is 15.9. The van der Waals surface area contributed by atoms with Crippen LogP contribution in [-0.2, 0) is 6.54 Å². The Bertz CT molecular complexity index is 1090. The smallest absolute Gasteiger partial charge is 0.273 e. The van der Waals surface area contributed by atoms with E-state index in [0.29, 0.717) is 18.8 Å². The van der Waals surface area contributed by atoms with Gasteiger partial charge >= 0.3 is 0 Å². The molecule has 1 saturated heterocycles. The minimum absolute atomic E-state index is 0.189. The third-order valence-corrected chi connectivity index (χ3v) is 6.20. The minimum atomic E-state index is -0.189. The van der Waals surface area contributed by atoms with Gasteiger partial charge in [-0.1, -0.05) is 29.5 Å². The largest absolute Gasteiger partial charge is 0.497 e. The summed E-state index contributed by atoms with van der Waals surface area (Å²) in [6.45, 7) is 7.50. The predicted octanol–water partition coefficient (Wildman–Crippen LogP) is 2.20. The number of anilines is 1. The monoisotopic (exact) mass is 464 g/mol. The lowest BCUT2D eigenvalue weighted by Gasteiger charge is -2.36. The first-order valence-electron chi connectivity index (χ1n) is 11.5. The first kappa shape index (κ1) is 23.6. The molecule has 1 amide bonds. The molecule has 0 aliphatic carbocycles. The number of amides is 1. The van der Waals surface area contributed by atoms with Gasteiger partial charge in [-0.3, -0.25) is 9.69 Å². The summed E-state index contributed by atoms with van der Waals surface area (Å²) < 4.78 is 12.4. The Hall–Kier alpha value is -3.59. The van der Waals surface area contributed by atoms with E-state index >= 15 is 0 Å². The molecule has 1 N–H and O–H groups in total. The SMILES string of the molecule is COc1ccc(Cn2nnc(C(=O)NCCN3CCN(c4ccccc4OC)CC3)c2C)cc1. The van der Waals surface area contributed by atoms with Crippen molar-refractivity contribution in [3.8, 4) is 11.5 Å². The van der Waals surface area contributed by atoms with Crippen molar-refractivity contribution in [3.63, 3.8) is 0 Å². The second-order valence-electron chi connectivity index (χ2n) is 8.29. The second-order valence-corrected chi connectivity index (χ2v) is 8.29. The molecule has 1 aliphatic heterocycles. The van der Waals surface area contributed by atoms with Crippen molar-refractivity contribution < 1.29 is 14.3 Å². The molecule has 180 valence electrons. The average Bonchev–Trinajstić information content (AvgIpc) is 3.24. The number of ether oxygens (including phenoxy) is 2. The van der Waals surface area contributed by atoms with Crippen LogP contribution in [0.1, 0.15) is 21.7 Å². The molecule has 0 saturated carbocycles. The number of hydrogen-bond donors (Lipinski definition) is 1. The van der Waals surface area contributed by atoms with E-state index in [9.17, 15) is 4.79 Å². The van der Waals surface area contributed by atoms with E-state index in [-0.39, 0.29) is 5.91 Å². The molecule has 1 aliphatic rings. The maximum atomic E-state index is 12.7. The van der Waals surface area contributed by atoms with Gasteiger partial charge in [-0.2, -0.15) is 0 Å². The van der Waals surface area contributed by atoms with Crippen LogP contribution in [-0.4, -0.2) is 79.3 Å². The summed E-state index contributed by atoms with van der Waals surface area (Å²) in [6.07, 6.45) is 0. The van der Waals surface area contributed by atoms with Gasteiger partial charge in [0.05, 0.1) is 32.1 Å². The van der Waals surface area contributed by atoms with Gasteiger partial charge in [0.2, 0.25) is 0 Å². The van der Waals surface area contributed by atoms with E-state index in [2.05, 4.69) is 31.5 Å². The summed E-state index contributed by atoms with van der Waals surface area (Å²) in [7, 11) is 3.35. The molecule has 0 unspecified atom stereocenters. The summed E-state index contributed by atoms with van der Waals surface area (Å²) in [5.41, 5.74) is 3.31. The van der Waals surface area contributed by atoms with Crippen molar-refractivity contribution in [1.82, 2.24) is 25.2 Å². The highest BCUT2D eigenvalue weighted by Crippen LogP contribution is 2.28. The Morgan fingerprint density at radius 1 is 1.00 bits per heavy atom. The molecule has 0 atom stereocenters. The van der Waals surface area contributed by atoms with E-state index in [1.54, 1.807) is 18.9 Å². The lowest BCUT2D eigenvalue weighted by molar-refractivity contribution is 0.0942. The van der Waals surface area contributed by atoms with Crippen LogP contribution in [0.2, 0.25) is 0 Å². The highest BCUT2D eigenvalue weighted by molar-refractivity contribution is 5.93. The standard InChI is InChI=1S/C25H32N6O3/c1-19-24(27-28-31(19)18-20-8-10-21(33-2)11-9-20)25(32)26-12-13-29-14-16-30(17-15-29)22-6-4-5-7-23(22)34-3/h4-11H,12-18H2,1-3H3,(H,26,32). The zero-order valence-corrected chi connectivity index (χ0v) is 20.0. The normalized spacial score (nSPS) is 14.1. The van der Waals surface area contributed by atoms with Crippen LogP contribution in [0, 0.1) is 6.92 Å². The number of nitrogens with zero attached hydrogens (tertiary/aromatic N) is 5. The maximum Gasteiger partial charge on any atom is 0.273 e. The number of rotatable bonds is 9. The van der Waals surface area contributed by atoms with Crippen molar-refractivity contribution in [2.24, 2.45) is 0 Å². The molecular weight excluding hydrogens is 432 g/mol. The van der Waals surface area contributed by atoms with Gasteiger partial charge in [0.15, 0.2) is 5.69 Å². The van der Waals surface area contributed by atoms with Gasteiger partial charge in [-0.15, -0.1) is 5.10 Å². The van der Waals surface area contributed by atoms with E-state index in [1.165, 1.54) is 0 Å². The van der Waals surface area contributed by atoms with Gasteiger partial charge in [0, 0.05) is 39.3 Å². The quantitative estimate of drug-likeness (QED) is 0.520. The highest BCUT2D eigenvalue weighted by atomic mass is 16.5. The van der Waals surface area contributed by atoms with Crippen molar-refractivity contribution in [2.45, 2.75) is 13.5 Å². The molecule has 2 heterocycles. The van der Waals surface area contributed by atoms with E-state index in [0.717, 1.165) is 61.2 Å². The molecule has 9 nitrogen and oxygen atoms in total. The lowest BCUT2D eigenvalue weighted by atomic mass is 10.2. The van der Waals surface area contributed by atoms with Gasteiger partial charge in [0.1, 0.15) is 11.5 Å². The third-order valence-electron chi connectivity index (χ3n) is 6.20. The Kier molecular flexibility index (Phi) is 7.64. The molecule has 0 radical (unpaired) electrons. The van der Waals surface area contributed by atoms with Crippen molar-refractivity contribution >= 4 is 11.6 Å². The number of para-hydroxylation sites is 2. The van der Waals surface area contributed by atoms with Crippen LogP contribution in [0.25, 0.3) is 0 Å². The number of benzene rings is 2. The van der Waals surface area contributed by atoms with Crippen molar-refractivity contribution in [3.05, 3.63) is 65.5 Å². The highest BCUT2D eigenvalue weighted by Gasteiger charge is 2.20. The second kappa shape index (κ2) is 11.0. The molecule has 2 aromatic carbocycles. The topological polar surface area (TPSA) is 84.7 Å². The maximum absolute atomic E-state index is 12.7. The van der Waals surface area contributed by atoms with Crippen LogP contribution in [0.15, 0.2) is 48.5 Å². The van der Waals surface area contributed by atoms with Gasteiger partial charge in [-0.05, 0) is 36.8 Å². The van der Waals surface area contributed by atoms with Gasteiger partial charge < -0.3 is 19.7 Å². The molecule has 9 heteroatoms. The predicted molar refractivity (Wildman–Crippen MR) is 131 cm³/mol. The first-order chi connectivity index (χ1) is 16.6. The average molecular weight is 465 g/mol. The Morgan fingerprint density at radius 3 is 2.44 bits per heavy atom. The van der Waals surface area contributed by atoms with Gasteiger partial charge in [-0.25, -0.2) is 4.68 Å². The molecule has 4 rings (SSSR count). The Morgan fingerprint density at radius 2 is 1.74 bits per heavy atom. The number of nitrogens with one attached hydrogen (secondary N) is 1. The van der Waals surface area contributed by atoms with Crippen LogP contribution in [0.4, 0.5) is 5.69 Å². The van der Waals surface area contributed by atoms with Crippen LogP contribution in [0.5, 0.6) is 11.5 Å². The number of piperazine rings is 1. The van der Waals surface area contributed by atoms with Crippen LogP contribution < -0.4 is 19.7 Å². The molecule has 1 aromatic heterocycles. The molecule has 1 fully saturated rings. The molecule has 34 heavy (non-hydrogen) atoms. The minimum Gasteiger partial charge on any atom is -0.497 e. The molecule has 3 aromatic rings. The summed E-state index contributed by atoms with van der Waals surface area (Å²) in [5.74, 6) is 1.52. The zero-order chi connectivity index (χ0) is 23.9. The van der Waals surface area contributed by atoms with E-state index in [1.807, 2.05) is 49.4 Å². The number of carbonyl (C=O) groups excluding carboxylic acids is 1. The van der Waals surface area contributed by atoms with Crippen molar-refractivity contribution in [2.75, 3.05) is 58.4 Å². The third kappa shape index (κ3) is 5.48. The lowest BCUT2D eigenvalue weighted by Crippen LogP contribution is -2.48. The fourth-order valence-electron chi connectivity index (χ4n) is 4.14. The summed E-state index contributed by atoms with van der Waals surface area (Å²) >= 11 is 0. The van der Waals surface area contributed by atoms with Crippen molar-refractivity contribution in [1.29, 1.82) is 0 Å². The fraction of sp³-hybridized carbons (Fsp3) is 0.400. The Labute approximate surface area is 200 Å².